The lowest BCUT2D eigenvalue weighted by molar-refractivity contribution is 0.142. The van der Waals surface area contributed by atoms with Gasteiger partial charge in [-0.15, -0.1) is 0 Å². The topological polar surface area (TPSA) is 27.0 Å². The zero-order valence-corrected chi connectivity index (χ0v) is 12.3. The van der Waals surface area contributed by atoms with Crippen LogP contribution in [0.3, 0.4) is 0 Å². The number of rotatable bonds is 3. The summed E-state index contributed by atoms with van der Waals surface area (Å²) >= 11 is 0. The van der Waals surface area contributed by atoms with Crippen LogP contribution in [-0.4, -0.2) is 18.0 Å². The Labute approximate surface area is 121 Å². The van der Waals surface area contributed by atoms with Crippen LogP contribution < -0.4 is 0 Å². The maximum atomic E-state index is 13.9. The minimum Gasteiger partial charge on any atom is -0.295 e. The van der Waals surface area contributed by atoms with Crippen molar-refractivity contribution in [3.8, 4) is 6.07 Å². The van der Waals surface area contributed by atoms with E-state index in [-0.39, 0.29) is 23.8 Å². The summed E-state index contributed by atoms with van der Waals surface area (Å²) in [6.07, 6.45) is 5.51. The van der Waals surface area contributed by atoms with Crippen LogP contribution in [0.25, 0.3) is 0 Å². The van der Waals surface area contributed by atoms with Crippen molar-refractivity contribution < 1.29 is 4.39 Å². The van der Waals surface area contributed by atoms with Gasteiger partial charge in [0.1, 0.15) is 5.82 Å². The fourth-order valence-corrected chi connectivity index (χ4v) is 3.25. The highest BCUT2D eigenvalue weighted by molar-refractivity contribution is 5.21. The first-order valence-electron chi connectivity index (χ1n) is 7.51. The van der Waals surface area contributed by atoms with Crippen LogP contribution in [0, 0.1) is 23.1 Å². The van der Waals surface area contributed by atoms with Gasteiger partial charge in [-0.1, -0.05) is 37.5 Å². The van der Waals surface area contributed by atoms with Gasteiger partial charge < -0.3 is 0 Å². The molecule has 0 aliphatic heterocycles. The summed E-state index contributed by atoms with van der Waals surface area (Å²) in [5.41, 5.74) is 0.718. The molecule has 0 heterocycles. The Morgan fingerprint density at radius 1 is 1.25 bits per heavy atom. The third-order valence-electron chi connectivity index (χ3n) is 4.63. The fraction of sp³-hybridized carbons (Fsp3) is 0.588. The zero-order valence-electron chi connectivity index (χ0n) is 12.3. The molecule has 2 nitrogen and oxygen atoms in total. The first kappa shape index (κ1) is 15.0. The highest BCUT2D eigenvalue weighted by atomic mass is 19.1. The van der Waals surface area contributed by atoms with Crippen molar-refractivity contribution in [3.63, 3.8) is 0 Å². The molecule has 108 valence electrons. The van der Waals surface area contributed by atoms with Crippen LogP contribution in [0.2, 0.25) is 0 Å². The largest absolute Gasteiger partial charge is 0.295 e. The lowest BCUT2D eigenvalue weighted by Gasteiger charge is -2.35. The third-order valence-corrected chi connectivity index (χ3v) is 4.63. The maximum Gasteiger partial charge on any atom is 0.127 e. The van der Waals surface area contributed by atoms with Crippen molar-refractivity contribution in [1.29, 1.82) is 5.26 Å². The van der Waals surface area contributed by atoms with Gasteiger partial charge in [0.2, 0.25) is 0 Å². The number of benzene rings is 1. The smallest absolute Gasteiger partial charge is 0.127 e. The summed E-state index contributed by atoms with van der Waals surface area (Å²) in [4.78, 5) is 2.19. The van der Waals surface area contributed by atoms with E-state index in [4.69, 9.17) is 0 Å². The molecule has 20 heavy (non-hydrogen) atoms. The monoisotopic (exact) mass is 274 g/mol. The molecule has 3 atom stereocenters. The van der Waals surface area contributed by atoms with Crippen molar-refractivity contribution in [1.82, 2.24) is 4.90 Å². The van der Waals surface area contributed by atoms with Crippen molar-refractivity contribution in [3.05, 3.63) is 35.6 Å². The summed E-state index contributed by atoms with van der Waals surface area (Å²) in [5, 5.41) is 9.39. The number of hydrogen-bond acceptors (Lipinski definition) is 2. The molecule has 0 bridgehead atoms. The van der Waals surface area contributed by atoms with Crippen molar-refractivity contribution >= 4 is 0 Å². The maximum absolute atomic E-state index is 13.9. The molecule has 1 aliphatic rings. The van der Waals surface area contributed by atoms with E-state index >= 15 is 0 Å². The molecule has 0 aromatic heterocycles. The lowest BCUT2D eigenvalue weighted by atomic mass is 9.93. The molecule has 0 spiro atoms. The van der Waals surface area contributed by atoms with E-state index in [1.165, 1.54) is 12.5 Å². The van der Waals surface area contributed by atoms with E-state index in [0.717, 1.165) is 31.2 Å². The Kier molecular flexibility index (Phi) is 5.14. The average molecular weight is 274 g/mol. The van der Waals surface area contributed by atoms with E-state index in [0.29, 0.717) is 0 Å². The van der Waals surface area contributed by atoms with Crippen LogP contribution >= 0.6 is 0 Å². The standard InChI is InChI=1S/C17H23FN2/c1-13(15-9-6-7-10-16(15)18)20(2)17-11-5-3-4-8-14(17)12-19/h6-7,9-10,13-14,17H,3-5,8,11H2,1-2H3. The average Bonchev–Trinajstić information content (AvgIpc) is 2.71. The Balaban J connectivity index is 2.18. The van der Waals surface area contributed by atoms with Crippen molar-refractivity contribution in [2.45, 2.75) is 51.1 Å². The molecule has 1 saturated carbocycles. The third kappa shape index (κ3) is 3.19. The number of hydrogen-bond donors (Lipinski definition) is 0. The highest BCUT2D eigenvalue weighted by Gasteiger charge is 2.30. The van der Waals surface area contributed by atoms with Gasteiger partial charge in [0.15, 0.2) is 0 Å². The summed E-state index contributed by atoms with van der Waals surface area (Å²) in [7, 11) is 2.03. The zero-order chi connectivity index (χ0) is 14.5. The predicted octanol–water partition coefficient (Wildman–Crippen LogP) is 4.29. The van der Waals surface area contributed by atoms with Gasteiger partial charge in [-0.3, -0.25) is 4.90 Å². The Hall–Kier alpha value is -1.40. The van der Waals surface area contributed by atoms with Crippen LogP contribution in [0.4, 0.5) is 4.39 Å². The second kappa shape index (κ2) is 6.85. The predicted molar refractivity (Wildman–Crippen MR) is 78.6 cm³/mol. The first-order valence-corrected chi connectivity index (χ1v) is 7.51. The van der Waals surface area contributed by atoms with E-state index < -0.39 is 0 Å². The molecular weight excluding hydrogens is 251 g/mol. The molecule has 0 amide bonds. The normalized spacial score (nSPS) is 24.9. The lowest BCUT2D eigenvalue weighted by Crippen LogP contribution is -2.38. The second-order valence-electron chi connectivity index (χ2n) is 5.80. The molecule has 1 fully saturated rings. The fourth-order valence-electron chi connectivity index (χ4n) is 3.25. The number of nitriles is 1. The van der Waals surface area contributed by atoms with Gasteiger partial charge in [0.05, 0.1) is 12.0 Å². The molecular formula is C17H23FN2. The summed E-state index contributed by atoms with van der Waals surface area (Å²) in [6.45, 7) is 2.03. The van der Waals surface area contributed by atoms with Gasteiger partial charge >= 0.3 is 0 Å². The van der Waals surface area contributed by atoms with Gasteiger partial charge in [-0.2, -0.15) is 5.26 Å². The van der Waals surface area contributed by atoms with Crippen LogP contribution in [0.5, 0.6) is 0 Å². The van der Waals surface area contributed by atoms with Gasteiger partial charge in [-0.25, -0.2) is 4.39 Å². The number of halogens is 1. The van der Waals surface area contributed by atoms with Gasteiger partial charge in [0.25, 0.3) is 0 Å². The first-order chi connectivity index (χ1) is 9.65. The quantitative estimate of drug-likeness (QED) is 0.769. The Morgan fingerprint density at radius 2 is 1.95 bits per heavy atom. The van der Waals surface area contributed by atoms with Crippen LogP contribution in [0.15, 0.2) is 24.3 Å². The minimum absolute atomic E-state index is 0.00449. The van der Waals surface area contributed by atoms with Crippen LogP contribution in [0.1, 0.15) is 50.6 Å². The van der Waals surface area contributed by atoms with Crippen molar-refractivity contribution in [2.24, 2.45) is 5.92 Å². The molecule has 0 saturated heterocycles. The molecule has 3 heteroatoms. The molecule has 1 aromatic carbocycles. The Morgan fingerprint density at radius 3 is 2.65 bits per heavy atom. The van der Waals surface area contributed by atoms with Crippen molar-refractivity contribution in [2.75, 3.05) is 7.05 Å². The van der Waals surface area contributed by atoms with E-state index in [1.54, 1.807) is 6.07 Å². The molecule has 0 radical (unpaired) electrons. The van der Waals surface area contributed by atoms with Gasteiger partial charge in [-0.05, 0) is 32.9 Å². The van der Waals surface area contributed by atoms with E-state index in [2.05, 4.69) is 11.0 Å². The molecule has 1 aliphatic carbocycles. The minimum atomic E-state index is -0.158. The molecule has 3 unspecified atom stereocenters. The Bertz CT molecular complexity index is 480. The summed E-state index contributed by atoms with van der Waals surface area (Å²) < 4.78 is 13.9. The highest BCUT2D eigenvalue weighted by Crippen LogP contribution is 2.32. The second-order valence-corrected chi connectivity index (χ2v) is 5.80. The summed E-state index contributed by atoms with van der Waals surface area (Å²) in [6, 6.07) is 9.63. The van der Waals surface area contributed by atoms with Gasteiger partial charge in [0, 0.05) is 17.6 Å². The van der Waals surface area contributed by atoms with E-state index in [9.17, 15) is 9.65 Å². The summed E-state index contributed by atoms with van der Waals surface area (Å²) in [5.74, 6) is -0.0919. The number of nitrogens with zero attached hydrogens (tertiary/aromatic N) is 2. The molecule has 2 rings (SSSR count). The van der Waals surface area contributed by atoms with Crippen LogP contribution in [-0.2, 0) is 0 Å². The SMILES string of the molecule is CC(c1ccccc1F)N(C)C1CCCCCC1C#N. The molecule has 0 N–H and O–H groups in total. The van der Waals surface area contributed by atoms with E-state index in [1.807, 2.05) is 26.1 Å². The molecule has 1 aromatic rings.